The van der Waals surface area contributed by atoms with Crippen LogP contribution in [-0.2, 0) is 7.05 Å². The van der Waals surface area contributed by atoms with Gasteiger partial charge in [-0.25, -0.2) is 0 Å². The Kier molecular flexibility index (Phi) is 4.00. The van der Waals surface area contributed by atoms with Crippen LogP contribution < -0.4 is 5.32 Å². The Morgan fingerprint density at radius 3 is 2.57 bits per heavy atom. The Hall–Kier alpha value is -0.970. The van der Waals surface area contributed by atoms with Gasteiger partial charge >= 0.3 is 0 Å². The fraction of sp³-hybridized carbons (Fsp3) is 0.889. The van der Waals surface area contributed by atoms with Crippen LogP contribution in [0, 0.1) is 5.92 Å². The van der Waals surface area contributed by atoms with Crippen molar-refractivity contribution in [1.82, 2.24) is 25.5 Å². The van der Waals surface area contributed by atoms with E-state index in [1.54, 1.807) is 7.05 Å². The first-order valence-corrected chi connectivity index (χ1v) is 5.02. The van der Waals surface area contributed by atoms with Crippen molar-refractivity contribution in [2.75, 3.05) is 13.6 Å². The van der Waals surface area contributed by atoms with Gasteiger partial charge in [-0.15, -0.1) is 10.2 Å². The highest BCUT2D eigenvalue weighted by Crippen LogP contribution is 2.18. The summed E-state index contributed by atoms with van der Waals surface area (Å²) in [6.07, 6.45) is 1.09. The third-order valence-electron chi connectivity index (χ3n) is 2.10. The fourth-order valence-electron chi connectivity index (χ4n) is 1.56. The highest BCUT2D eigenvalue weighted by molar-refractivity contribution is 4.92. The molecule has 0 aliphatic carbocycles. The van der Waals surface area contributed by atoms with Gasteiger partial charge in [0.15, 0.2) is 5.82 Å². The first-order valence-electron chi connectivity index (χ1n) is 5.02. The second-order valence-electron chi connectivity index (χ2n) is 4.02. The van der Waals surface area contributed by atoms with E-state index in [2.05, 4.69) is 34.6 Å². The highest BCUT2D eigenvalue weighted by Gasteiger charge is 2.17. The van der Waals surface area contributed by atoms with Crippen molar-refractivity contribution < 1.29 is 0 Å². The van der Waals surface area contributed by atoms with E-state index >= 15 is 0 Å². The molecule has 0 bridgehead atoms. The van der Waals surface area contributed by atoms with Crippen LogP contribution in [0.25, 0.3) is 0 Å². The molecule has 0 spiro atoms. The standard InChI is InChI=1S/C9H19N5/c1-7(2)5-8(6-10-3)9-11-13-14(4)12-9/h7-8,10H,5-6H2,1-4H3. The predicted molar refractivity (Wildman–Crippen MR) is 54.9 cm³/mol. The van der Waals surface area contributed by atoms with E-state index in [1.165, 1.54) is 4.80 Å². The van der Waals surface area contributed by atoms with Gasteiger partial charge < -0.3 is 5.32 Å². The molecule has 0 aliphatic rings. The van der Waals surface area contributed by atoms with Gasteiger partial charge in [-0.2, -0.15) is 4.80 Å². The molecule has 1 aromatic heterocycles. The molecular formula is C9H19N5. The third-order valence-corrected chi connectivity index (χ3v) is 2.10. The van der Waals surface area contributed by atoms with Crippen molar-refractivity contribution in [2.24, 2.45) is 13.0 Å². The van der Waals surface area contributed by atoms with Gasteiger partial charge in [-0.1, -0.05) is 13.8 Å². The fourth-order valence-corrected chi connectivity index (χ4v) is 1.56. The van der Waals surface area contributed by atoms with Crippen molar-refractivity contribution in [3.63, 3.8) is 0 Å². The molecule has 5 nitrogen and oxygen atoms in total. The molecule has 1 aromatic rings. The summed E-state index contributed by atoms with van der Waals surface area (Å²) in [7, 11) is 3.74. The molecule has 0 aromatic carbocycles. The highest BCUT2D eigenvalue weighted by atomic mass is 15.6. The lowest BCUT2D eigenvalue weighted by molar-refractivity contribution is 0.466. The maximum atomic E-state index is 4.24. The summed E-state index contributed by atoms with van der Waals surface area (Å²) in [5.41, 5.74) is 0. The summed E-state index contributed by atoms with van der Waals surface area (Å²) in [6, 6.07) is 0. The maximum absolute atomic E-state index is 4.24. The van der Waals surface area contributed by atoms with E-state index < -0.39 is 0 Å². The van der Waals surface area contributed by atoms with Gasteiger partial charge in [0.1, 0.15) is 0 Å². The summed E-state index contributed by atoms with van der Waals surface area (Å²) < 4.78 is 0. The second kappa shape index (κ2) is 5.05. The molecular weight excluding hydrogens is 178 g/mol. The molecule has 1 rings (SSSR count). The third kappa shape index (κ3) is 3.06. The van der Waals surface area contributed by atoms with E-state index in [1.807, 2.05) is 7.05 Å². The van der Waals surface area contributed by atoms with Gasteiger partial charge in [0, 0.05) is 12.5 Å². The topological polar surface area (TPSA) is 55.6 Å². The summed E-state index contributed by atoms with van der Waals surface area (Å²) in [6.45, 7) is 5.32. The van der Waals surface area contributed by atoms with Gasteiger partial charge in [-0.05, 0) is 24.6 Å². The summed E-state index contributed by atoms with van der Waals surface area (Å²) in [5.74, 6) is 1.86. The molecule has 0 saturated heterocycles. The minimum absolute atomic E-state index is 0.369. The average Bonchev–Trinajstić information content (AvgIpc) is 2.50. The lowest BCUT2D eigenvalue weighted by Crippen LogP contribution is -2.20. The molecule has 0 fully saturated rings. The number of tetrazole rings is 1. The number of rotatable bonds is 5. The lowest BCUT2D eigenvalue weighted by atomic mass is 9.96. The Balaban J connectivity index is 2.66. The van der Waals surface area contributed by atoms with Crippen molar-refractivity contribution >= 4 is 0 Å². The zero-order valence-corrected chi connectivity index (χ0v) is 9.36. The Morgan fingerprint density at radius 2 is 2.14 bits per heavy atom. The molecule has 5 heteroatoms. The van der Waals surface area contributed by atoms with Crippen molar-refractivity contribution in [3.05, 3.63) is 5.82 Å². The van der Waals surface area contributed by atoms with Crippen LogP contribution in [0.3, 0.4) is 0 Å². The molecule has 80 valence electrons. The Labute approximate surface area is 84.9 Å². The molecule has 0 saturated carbocycles. The summed E-state index contributed by atoms with van der Waals surface area (Å²) in [4.78, 5) is 1.51. The van der Waals surface area contributed by atoms with Gasteiger partial charge in [0.25, 0.3) is 0 Å². The molecule has 1 atom stereocenters. The number of nitrogens with zero attached hydrogens (tertiary/aromatic N) is 4. The summed E-state index contributed by atoms with van der Waals surface area (Å²) in [5, 5.41) is 15.3. The largest absolute Gasteiger partial charge is 0.319 e. The zero-order chi connectivity index (χ0) is 10.6. The quantitative estimate of drug-likeness (QED) is 0.749. The summed E-state index contributed by atoms with van der Waals surface area (Å²) >= 11 is 0. The molecule has 1 heterocycles. The molecule has 0 amide bonds. The Bertz CT molecular complexity index is 268. The van der Waals surface area contributed by atoms with Crippen molar-refractivity contribution in [1.29, 1.82) is 0 Å². The SMILES string of the molecule is CNCC(CC(C)C)c1nnn(C)n1. The van der Waals surface area contributed by atoms with Crippen LogP contribution in [0.1, 0.15) is 32.0 Å². The first kappa shape index (κ1) is 11.1. The van der Waals surface area contributed by atoms with Crippen molar-refractivity contribution in [2.45, 2.75) is 26.2 Å². The number of nitrogens with one attached hydrogen (secondary N) is 1. The number of likely N-dealkylation sites (N-methyl/N-ethyl adjacent to an activating group) is 1. The minimum atomic E-state index is 0.369. The number of hydrogen-bond donors (Lipinski definition) is 1. The van der Waals surface area contributed by atoms with E-state index in [0.717, 1.165) is 18.8 Å². The van der Waals surface area contributed by atoms with Crippen molar-refractivity contribution in [3.8, 4) is 0 Å². The van der Waals surface area contributed by atoms with E-state index in [9.17, 15) is 0 Å². The number of hydrogen-bond acceptors (Lipinski definition) is 4. The predicted octanol–water partition coefficient (Wildman–Crippen LogP) is 0.559. The molecule has 1 unspecified atom stereocenters. The van der Waals surface area contributed by atoms with E-state index in [4.69, 9.17) is 0 Å². The van der Waals surface area contributed by atoms with Crippen LogP contribution in [0.5, 0.6) is 0 Å². The Morgan fingerprint density at radius 1 is 1.43 bits per heavy atom. The molecule has 0 radical (unpaired) electrons. The molecule has 0 aliphatic heterocycles. The number of aromatic nitrogens is 4. The van der Waals surface area contributed by atoms with E-state index in [0.29, 0.717) is 11.8 Å². The number of aryl methyl sites for hydroxylation is 1. The monoisotopic (exact) mass is 197 g/mol. The second-order valence-corrected chi connectivity index (χ2v) is 4.02. The lowest BCUT2D eigenvalue weighted by Gasteiger charge is -2.14. The van der Waals surface area contributed by atoms with Gasteiger partial charge in [0.05, 0.1) is 7.05 Å². The van der Waals surface area contributed by atoms with Gasteiger partial charge in [0.2, 0.25) is 0 Å². The van der Waals surface area contributed by atoms with Crippen LogP contribution >= 0.6 is 0 Å². The average molecular weight is 197 g/mol. The maximum Gasteiger partial charge on any atom is 0.179 e. The normalized spacial score (nSPS) is 13.5. The minimum Gasteiger partial charge on any atom is -0.319 e. The molecule has 1 N–H and O–H groups in total. The van der Waals surface area contributed by atoms with E-state index in [-0.39, 0.29) is 0 Å². The first-order chi connectivity index (χ1) is 6.63. The van der Waals surface area contributed by atoms with Crippen LogP contribution in [0.2, 0.25) is 0 Å². The molecule has 14 heavy (non-hydrogen) atoms. The smallest absolute Gasteiger partial charge is 0.179 e. The van der Waals surface area contributed by atoms with Crippen LogP contribution in [-0.4, -0.2) is 33.8 Å². The van der Waals surface area contributed by atoms with Gasteiger partial charge in [-0.3, -0.25) is 0 Å². The zero-order valence-electron chi connectivity index (χ0n) is 9.36. The van der Waals surface area contributed by atoms with Crippen LogP contribution in [0.4, 0.5) is 0 Å². The van der Waals surface area contributed by atoms with Crippen LogP contribution in [0.15, 0.2) is 0 Å².